The van der Waals surface area contributed by atoms with Crippen molar-refractivity contribution in [3.05, 3.63) is 234 Å². The summed E-state index contributed by atoms with van der Waals surface area (Å²) in [6, 6.07) is 75.8. The molecule has 9 aromatic rings. The fraction of sp³-hybridized carbons (Fsp3) is 0.0192. The Morgan fingerprint density at radius 3 is 1.13 bits per heavy atom. The zero-order chi connectivity index (χ0) is 41.4. The minimum atomic E-state index is -1.17. The average molecular weight is 882 g/mol. The van der Waals surface area contributed by atoms with Crippen molar-refractivity contribution >= 4 is 80.9 Å². The van der Waals surface area contributed by atoms with Crippen molar-refractivity contribution in [2.45, 2.75) is 6.04 Å². The first-order chi connectivity index (χ1) is 29.4. The van der Waals surface area contributed by atoms with Crippen LogP contribution in [-0.4, -0.2) is 16.0 Å². The monoisotopic (exact) mass is 881 g/mol. The number of non-ortho nitro benzene ring substituents is 1. The Hall–Kier alpha value is -6.29. The number of hydrogen-bond donors (Lipinski definition) is 2. The van der Waals surface area contributed by atoms with Crippen molar-refractivity contribution < 1.29 is 31.9 Å². The number of carbonyl (C=O) groups is 1. The molecule has 0 saturated carbocycles. The summed E-state index contributed by atoms with van der Waals surface area (Å²) in [5.74, 6) is -1.17. The second-order valence-electron chi connectivity index (χ2n) is 14.0. The number of hydrogen-bond acceptors (Lipinski definition) is 4. The molecule has 0 fully saturated rings. The molecule has 302 valence electrons. The largest absolute Gasteiger partial charge is 1.00 e. The molecule has 0 radical (unpaired) electrons. The van der Waals surface area contributed by atoms with Crippen LogP contribution in [0.5, 0.6) is 0 Å². The van der Waals surface area contributed by atoms with Gasteiger partial charge in [-0.2, -0.15) is 0 Å². The molecule has 6 nitrogen and oxygen atoms in total. The van der Waals surface area contributed by atoms with E-state index in [2.05, 4.69) is 194 Å². The van der Waals surface area contributed by atoms with Gasteiger partial charge in [0, 0.05) is 12.1 Å². The topological polar surface area (TPSA) is 106 Å². The zero-order valence-electron chi connectivity index (χ0n) is 32.8. The van der Waals surface area contributed by atoms with Crippen LogP contribution in [0, 0.1) is 10.1 Å². The Kier molecular flexibility index (Phi) is 13.9. The van der Waals surface area contributed by atoms with E-state index in [1.165, 1.54) is 88.8 Å². The maximum atomic E-state index is 10.5. The van der Waals surface area contributed by atoms with Gasteiger partial charge < -0.3 is 10.8 Å². The van der Waals surface area contributed by atoms with Crippen LogP contribution in [-0.2, 0) is 21.9 Å². The first-order valence-corrected chi connectivity index (χ1v) is 22.1. The number of carboxylic acid groups (broad SMARTS) is 1. The summed E-state index contributed by atoms with van der Waals surface area (Å²) >= 11 is 0. The second kappa shape index (κ2) is 19.8. The van der Waals surface area contributed by atoms with Crippen LogP contribution in [0.15, 0.2) is 218 Å². The molecule has 0 aliphatic rings. The van der Waals surface area contributed by atoms with Crippen molar-refractivity contribution in [1.29, 1.82) is 0 Å². The standard InChI is InChI=1S/C44H32P2.C8H8N2O4.Cu/c1-5-19-35(20-6-1)45(36-21-7-2-8-22-36)41-31-29-33-17-13-15-27-39(33)43(41)44-40-28-16-14-18-34(40)30-32-42(44)46(37-23-9-3-10-24-37)38-25-11-4-12-26-38;9-7(8(11)12)5-1-3-6(4-2-5)10(13)14;/h1-32H;1-4,7H,9H2,(H,11,12);/q;;+1/t;7-;/m.1./s1. The van der Waals surface area contributed by atoms with E-state index < -0.39 is 32.8 Å². The Morgan fingerprint density at radius 1 is 0.475 bits per heavy atom. The summed E-state index contributed by atoms with van der Waals surface area (Å²) in [5.41, 5.74) is 8.24. The number of rotatable bonds is 10. The molecule has 9 rings (SSSR count). The number of aliphatic carboxylic acids is 1. The van der Waals surface area contributed by atoms with Gasteiger partial charge in [-0.1, -0.05) is 206 Å². The Morgan fingerprint density at radius 2 is 0.803 bits per heavy atom. The molecular weight excluding hydrogens is 842 g/mol. The maximum Gasteiger partial charge on any atom is 1.00 e. The van der Waals surface area contributed by atoms with E-state index in [0.717, 1.165) is 0 Å². The molecule has 9 heteroatoms. The predicted molar refractivity (Wildman–Crippen MR) is 252 cm³/mol. The third kappa shape index (κ3) is 9.38. The molecule has 0 spiro atoms. The van der Waals surface area contributed by atoms with Gasteiger partial charge in [-0.3, -0.25) is 14.9 Å². The van der Waals surface area contributed by atoms with E-state index in [1.807, 2.05) is 0 Å². The third-order valence-corrected chi connectivity index (χ3v) is 15.3. The van der Waals surface area contributed by atoms with E-state index in [1.54, 1.807) is 0 Å². The molecule has 0 aliphatic heterocycles. The summed E-state index contributed by atoms with van der Waals surface area (Å²) < 4.78 is 0. The van der Waals surface area contributed by atoms with Crippen molar-refractivity contribution in [2.75, 3.05) is 0 Å². The van der Waals surface area contributed by atoms with E-state index in [0.29, 0.717) is 5.56 Å². The van der Waals surface area contributed by atoms with Gasteiger partial charge in [0.25, 0.3) is 5.69 Å². The van der Waals surface area contributed by atoms with Crippen LogP contribution in [0.1, 0.15) is 11.6 Å². The third-order valence-electron chi connectivity index (χ3n) is 10.3. The van der Waals surface area contributed by atoms with Gasteiger partial charge in [0.2, 0.25) is 0 Å². The molecule has 0 unspecified atom stereocenters. The molecular formula is C52H40CuN2O4P2+. The quantitative estimate of drug-likeness (QED) is 0.0616. The molecule has 61 heavy (non-hydrogen) atoms. The van der Waals surface area contributed by atoms with Crippen LogP contribution < -0.4 is 37.6 Å². The minimum Gasteiger partial charge on any atom is -0.480 e. The Labute approximate surface area is 367 Å². The van der Waals surface area contributed by atoms with Crippen molar-refractivity contribution in [1.82, 2.24) is 0 Å². The molecule has 0 heterocycles. The van der Waals surface area contributed by atoms with Crippen LogP contribution in [0.25, 0.3) is 32.7 Å². The molecule has 3 N–H and O–H groups in total. The Balaban J connectivity index is 0.000000321. The molecule has 0 aromatic heterocycles. The zero-order valence-corrected chi connectivity index (χ0v) is 35.5. The van der Waals surface area contributed by atoms with Crippen LogP contribution in [0.2, 0.25) is 0 Å². The number of carboxylic acids is 1. The van der Waals surface area contributed by atoms with Crippen LogP contribution >= 0.6 is 15.8 Å². The Bertz CT molecular complexity index is 2660. The van der Waals surface area contributed by atoms with E-state index >= 15 is 0 Å². The smallest absolute Gasteiger partial charge is 0.480 e. The summed E-state index contributed by atoms with van der Waals surface area (Å²) in [4.78, 5) is 20.2. The van der Waals surface area contributed by atoms with Gasteiger partial charge in [0.05, 0.1) is 4.92 Å². The molecule has 0 bridgehead atoms. The van der Waals surface area contributed by atoms with Gasteiger partial charge in [-0.15, -0.1) is 0 Å². The van der Waals surface area contributed by atoms with Crippen LogP contribution in [0.3, 0.4) is 0 Å². The molecule has 0 aliphatic carbocycles. The SMILES string of the molecule is N[C@@H](C(=O)O)c1ccc([N+](=O)[O-])cc1.[Cu+].c1ccc(P(c2ccccc2)c2ccc3ccccc3c2-c2c(P(c3ccccc3)c3ccccc3)ccc3ccccc23)cc1. The minimum absolute atomic E-state index is 0. The van der Waals surface area contributed by atoms with Crippen molar-refractivity contribution in [3.63, 3.8) is 0 Å². The van der Waals surface area contributed by atoms with E-state index in [4.69, 9.17) is 10.8 Å². The van der Waals surface area contributed by atoms with Gasteiger partial charge in [-0.05, 0) is 85.9 Å². The van der Waals surface area contributed by atoms with Gasteiger partial charge in [-0.25, -0.2) is 0 Å². The number of benzene rings is 9. The number of nitrogens with zero attached hydrogens (tertiary/aromatic N) is 1. The summed E-state index contributed by atoms with van der Waals surface area (Å²) in [6.07, 6.45) is 0. The van der Waals surface area contributed by atoms with E-state index in [-0.39, 0.29) is 22.8 Å². The average Bonchev–Trinajstić information content (AvgIpc) is 3.30. The van der Waals surface area contributed by atoms with Gasteiger partial charge >= 0.3 is 23.0 Å². The summed E-state index contributed by atoms with van der Waals surface area (Å²) in [5, 5.41) is 32.2. The molecule has 0 saturated heterocycles. The number of nitro benzene ring substituents is 1. The van der Waals surface area contributed by atoms with Crippen molar-refractivity contribution in [2.24, 2.45) is 5.73 Å². The van der Waals surface area contributed by atoms with Crippen LogP contribution in [0.4, 0.5) is 5.69 Å². The van der Waals surface area contributed by atoms with E-state index in [9.17, 15) is 14.9 Å². The first kappa shape index (κ1) is 42.8. The number of nitro groups is 1. The fourth-order valence-corrected chi connectivity index (χ4v) is 12.5. The predicted octanol–water partition coefficient (Wildman–Crippen LogP) is 9.85. The summed E-state index contributed by atoms with van der Waals surface area (Å²) in [7, 11) is -1.70. The molecule has 9 aromatic carbocycles. The maximum absolute atomic E-state index is 10.5. The first-order valence-electron chi connectivity index (χ1n) is 19.5. The molecule has 1 atom stereocenters. The molecule has 0 amide bonds. The normalized spacial score (nSPS) is 11.4. The summed E-state index contributed by atoms with van der Waals surface area (Å²) in [6.45, 7) is 0. The fourth-order valence-electron chi connectivity index (χ4n) is 7.53. The van der Waals surface area contributed by atoms with Crippen molar-refractivity contribution in [3.8, 4) is 11.1 Å². The number of nitrogens with two attached hydrogens (primary N) is 1. The second-order valence-corrected chi connectivity index (χ2v) is 18.4. The van der Waals surface area contributed by atoms with Gasteiger partial charge in [0.1, 0.15) is 6.04 Å². The van der Waals surface area contributed by atoms with Gasteiger partial charge in [0.15, 0.2) is 0 Å². The number of fused-ring (bicyclic) bond motifs is 2.